The summed E-state index contributed by atoms with van der Waals surface area (Å²) < 4.78 is 26.9. The summed E-state index contributed by atoms with van der Waals surface area (Å²) in [6.45, 7) is 3.80. The highest BCUT2D eigenvalue weighted by atomic mass is 35.5. The quantitative estimate of drug-likeness (QED) is 0.723. The number of fused-ring (bicyclic) bond motifs is 3. The Bertz CT molecular complexity index is 932. The highest BCUT2D eigenvalue weighted by Gasteiger charge is 2.45. The highest BCUT2D eigenvalue weighted by molar-refractivity contribution is 7.26. The molecule has 0 aliphatic heterocycles. The number of anilines is 1. The van der Waals surface area contributed by atoms with Crippen LogP contribution >= 0.6 is 22.9 Å². The molecule has 1 aliphatic rings. The van der Waals surface area contributed by atoms with Crippen molar-refractivity contribution >= 4 is 49.2 Å². The number of halogens is 3. The Balaban J connectivity index is 1.84. The molecule has 3 heterocycles. The first-order chi connectivity index (χ1) is 10.9. The average molecular weight is 355 g/mol. The van der Waals surface area contributed by atoms with Crippen LogP contribution in [0.15, 0.2) is 6.33 Å². The van der Waals surface area contributed by atoms with Crippen LogP contribution in [-0.4, -0.2) is 26.9 Å². The van der Waals surface area contributed by atoms with Gasteiger partial charge in [0.05, 0.1) is 20.9 Å². The van der Waals surface area contributed by atoms with Crippen molar-refractivity contribution in [1.29, 1.82) is 0 Å². The first-order valence-corrected chi connectivity index (χ1v) is 8.39. The molecule has 0 atom stereocenters. The Morgan fingerprint density at radius 2 is 2.04 bits per heavy atom. The van der Waals surface area contributed by atoms with Crippen molar-refractivity contribution in [3.63, 3.8) is 0 Å². The summed E-state index contributed by atoms with van der Waals surface area (Å²) in [7, 11) is 0. The van der Waals surface area contributed by atoms with E-state index >= 15 is 0 Å². The van der Waals surface area contributed by atoms with Gasteiger partial charge in [-0.2, -0.15) is 0 Å². The Kier molecular flexibility index (Phi) is 3.22. The maximum atomic E-state index is 13.0. The minimum absolute atomic E-state index is 0.161. The number of thiophene rings is 1. The van der Waals surface area contributed by atoms with Crippen molar-refractivity contribution < 1.29 is 8.78 Å². The van der Waals surface area contributed by atoms with E-state index in [1.807, 2.05) is 13.8 Å². The first-order valence-electron chi connectivity index (χ1n) is 7.20. The van der Waals surface area contributed by atoms with Crippen LogP contribution in [0.3, 0.4) is 0 Å². The molecule has 1 fully saturated rings. The topological polar surface area (TPSA) is 50.7 Å². The summed E-state index contributed by atoms with van der Waals surface area (Å²) in [5.74, 6) is -1.97. The van der Waals surface area contributed by atoms with Crippen molar-refractivity contribution in [2.75, 3.05) is 5.32 Å². The van der Waals surface area contributed by atoms with E-state index in [-0.39, 0.29) is 18.9 Å². The van der Waals surface area contributed by atoms with Gasteiger partial charge in [0.25, 0.3) is 5.92 Å². The largest absolute Gasteiger partial charge is 0.366 e. The Labute approximate surface area is 139 Å². The lowest BCUT2D eigenvalue weighted by atomic mass is 9.88. The van der Waals surface area contributed by atoms with Gasteiger partial charge in [-0.05, 0) is 19.4 Å². The van der Waals surface area contributed by atoms with Gasteiger partial charge in [-0.15, -0.1) is 11.3 Å². The third-order valence-electron chi connectivity index (χ3n) is 4.18. The Hall–Kier alpha value is -1.60. The summed E-state index contributed by atoms with van der Waals surface area (Å²) in [5, 5.41) is 4.64. The van der Waals surface area contributed by atoms with Crippen LogP contribution in [0.4, 0.5) is 14.6 Å². The van der Waals surface area contributed by atoms with E-state index in [0.29, 0.717) is 10.8 Å². The molecular weight excluding hydrogens is 342 g/mol. The summed E-state index contributed by atoms with van der Waals surface area (Å²) in [4.78, 5) is 13.9. The summed E-state index contributed by atoms with van der Waals surface area (Å²) in [6, 6.07) is -0.257. The van der Waals surface area contributed by atoms with Gasteiger partial charge < -0.3 is 5.32 Å². The standard InChI is InChI=1S/C15H13ClF2N4S/c1-6-9-11-12(23-14(9)21-7(2)10(6)16)13(20-5-19-11)22-8-3-15(17,18)4-8/h5,8H,3-4H2,1-2H3,(H,19,20,22). The molecule has 3 aromatic heterocycles. The van der Waals surface area contributed by atoms with Crippen molar-refractivity contribution in [1.82, 2.24) is 15.0 Å². The summed E-state index contributed by atoms with van der Waals surface area (Å²) in [6.07, 6.45) is 1.12. The minimum Gasteiger partial charge on any atom is -0.366 e. The van der Waals surface area contributed by atoms with Gasteiger partial charge >= 0.3 is 0 Å². The van der Waals surface area contributed by atoms with E-state index in [1.54, 1.807) is 0 Å². The van der Waals surface area contributed by atoms with E-state index in [1.165, 1.54) is 17.7 Å². The molecule has 0 radical (unpaired) electrons. The fourth-order valence-electron chi connectivity index (χ4n) is 2.96. The van der Waals surface area contributed by atoms with E-state index < -0.39 is 5.92 Å². The fourth-order valence-corrected chi connectivity index (χ4v) is 4.28. The van der Waals surface area contributed by atoms with E-state index in [9.17, 15) is 8.78 Å². The molecule has 1 N–H and O–H groups in total. The van der Waals surface area contributed by atoms with E-state index in [4.69, 9.17) is 11.6 Å². The third kappa shape index (κ3) is 2.33. The molecule has 23 heavy (non-hydrogen) atoms. The molecule has 1 saturated carbocycles. The average Bonchev–Trinajstić information content (AvgIpc) is 2.82. The maximum absolute atomic E-state index is 13.0. The third-order valence-corrected chi connectivity index (χ3v) is 5.81. The van der Waals surface area contributed by atoms with Gasteiger partial charge in [0.2, 0.25) is 0 Å². The smallest absolute Gasteiger partial charge is 0.252 e. The molecule has 120 valence electrons. The first kappa shape index (κ1) is 15.0. The number of alkyl halides is 2. The second-order valence-corrected chi connectivity index (χ2v) is 7.30. The molecule has 0 spiro atoms. The summed E-state index contributed by atoms with van der Waals surface area (Å²) >= 11 is 7.76. The second kappa shape index (κ2) is 4.95. The van der Waals surface area contributed by atoms with Gasteiger partial charge in [0, 0.05) is 24.3 Å². The molecule has 0 unspecified atom stereocenters. The maximum Gasteiger partial charge on any atom is 0.252 e. The zero-order chi connectivity index (χ0) is 16.4. The number of hydrogen-bond donors (Lipinski definition) is 1. The fraction of sp³-hybridized carbons (Fsp3) is 0.400. The molecule has 3 aromatic rings. The normalized spacial score (nSPS) is 17.6. The number of aryl methyl sites for hydroxylation is 2. The number of hydrogen-bond acceptors (Lipinski definition) is 5. The van der Waals surface area contributed by atoms with Crippen molar-refractivity contribution in [3.8, 4) is 0 Å². The second-order valence-electron chi connectivity index (χ2n) is 5.92. The molecular formula is C15H13ClF2N4S. The van der Waals surface area contributed by atoms with Gasteiger partial charge in [-0.1, -0.05) is 11.6 Å². The molecule has 1 aliphatic carbocycles. The molecule has 4 nitrogen and oxygen atoms in total. The van der Waals surface area contributed by atoms with Crippen LogP contribution < -0.4 is 5.32 Å². The van der Waals surface area contributed by atoms with Gasteiger partial charge in [-0.3, -0.25) is 0 Å². The van der Waals surface area contributed by atoms with Gasteiger partial charge in [-0.25, -0.2) is 23.7 Å². The lowest BCUT2D eigenvalue weighted by Gasteiger charge is -2.35. The molecule has 0 aromatic carbocycles. The Morgan fingerprint density at radius 3 is 2.74 bits per heavy atom. The number of rotatable bonds is 2. The van der Waals surface area contributed by atoms with Crippen molar-refractivity contribution in [2.45, 2.75) is 38.7 Å². The van der Waals surface area contributed by atoms with Crippen LogP contribution in [0.25, 0.3) is 20.4 Å². The van der Waals surface area contributed by atoms with Crippen molar-refractivity contribution in [2.24, 2.45) is 0 Å². The number of pyridine rings is 1. The van der Waals surface area contributed by atoms with E-state index in [2.05, 4.69) is 20.3 Å². The lowest BCUT2D eigenvalue weighted by molar-refractivity contribution is -0.0793. The number of nitrogens with one attached hydrogen (secondary N) is 1. The van der Waals surface area contributed by atoms with Crippen LogP contribution in [0.1, 0.15) is 24.1 Å². The molecule has 0 bridgehead atoms. The van der Waals surface area contributed by atoms with Crippen molar-refractivity contribution in [3.05, 3.63) is 22.6 Å². The SMILES string of the molecule is Cc1nc2sc3c(NC4CC(F)(F)C4)ncnc3c2c(C)c1Cl. The zero-order valence-corrected chi connectivity index (χ0v) is 14.0. The molecule has 0 amide bonds. The van der Waals surface area contributed by atoms with Crippen LogP contribution in [0, 0.1) is 13.8 Å². The number of aromatic nitrogens is 3. The van der Waals surface area contributed by atoms with Crippen LogP contribution in [0.5, 0.6) is 0 Å². The number of nitrogens with zero attached hydrogens (tertiary/aromatic N) is 3. The monoisotopic (exact) mass is 354 g/mol. The predicted octanol–water partition coefficient (Wildman–Crippen LogP) is 4.72. The molecule has 8 heteroatoms. The lowest BCUT2D eigenvalue weighted by Crippen LogP contribution is -2.44. The summed E-state index contributed by atoms with van der Waals surface area (Å²) in [5.41, 5.74) is 2.46. The van der Waals surface area contributed by atoms with Crippen LogP contribution in [-0.2, 0) is 0 Å². The van der Waals surface area contributed by atoms with Gasteiger partial charge in [0.1, 0.15) is 17.0 Å². The van der Waals surface area contributed by atoms with E-state index in [0.717, 1.165) is 31.7 Å². The van der Waals surface area contributed by atoms with Crippen LogP contribution in [0.2, 0.25) is 5.02 Å². The predicted molar refractivity (Wildman–Crippen MR) is 88.8 cm³/mol. The zero-order valence-electron chi connectivity index (χ0n) is 12.5. The minimum atomic E-state index is -2.56. The molecule has 0 saturated heterocycles. The Morgan fingerprint density at radius 1 is 1.30 bits per heavy atom. The van der Waals surface area contributed by atoms with Gasteiger partial charge in [0.15, 0.2) is 0 Å². The highest BCUT2D eigenvalue weighted by Crippen LogP contribution is 2.42. The molecule has 4 rings (SSSR count).